The van der Waals surface area contributed by atoms with E-state index in [1.165, 1.54) is 13.1 Å². The van der Waals surface area contributed by atoms with Gasteiger partial charge >= 0.3 is 28.9 Å². The molecule has 0 aliphatic carbocycles. The quantitative estimate of drug-likeness (QED) is 0.221. The molecule has 0 saturated carbocycles. The van der Waals surface area contributed by atoms with Gasteiger partial charge in [0.05, 0.1) is 12.7 Å². The van der Waals surface area contributed by atoms with Crippen molar-refractivity contribution >= 4 is 23.2 Å². The van der Waals surface area contributed by atoms with Gasteiger partial charge in [0.1, 0.15) is 12.6 Å². The number of nitrogens with one attached hydrogen (secondary N) is 1. The van der Waals surface area contributed by atoms with Crippen molar-refractivity contribution in [1.29, 1.82) is 0 Å². The highest BCUT2D eigenvalue weighted by Crippen LogP contribution is 2.65. The number of nitrogens with zero attached hydrogens (tertiary/aromatic N) is 1. The van der Waals surface area contributed by atoms with Gasteiger partial charge in [0.15, 0.2) is 0 Å². The molecule has 19 heteroatoms. The number of hydrogen-bond donors (Lipinski definition) is 6. The molecule has 0 aromatic carbocycles. The van der Waals surface area contributed by atoms with Crippen molar-refractivity contribution in [3.63, 3.8) is 0 Å². The summed E-state index contributed by atoms with van der Waals surface area (Å²) in [6, 6.07) is -0.671. The van der Waals surface area contributed by atoms with Crippen molar-refractivity contribution in [2.75, 3.05) is 13.0 Å². The normalized spacial score (nSPS) is 26.3. The number of ether oxygens (including phenoxy) is 2. The summed E-state index contributed by atoms with van der Waals surface area (Å²) < 4.78 is 52.5. The van der Waals surface area contributed by atoms with Crippen molar-refractivity contribution < 1.29 is 51.4 Å². The van der Waals surface area contributed by atoms with Crippen LogP contribution in [0.15, 0.2) is 15.8 Å². The largest absolute Gasteiger partial charge is 0.488 e. The van der Waals surface area contributed by atoms with Crippen molar-refractivity contribution in [1.82, 2.24) is 9.55 Å². The van der Waals surface area contributed by atoms with Crippen LogP contribution >= 0.6 is 23.2 Å². The zero-order chi connectivity index (χ0) is 22.9. The zero-order valence-electron chi connectivity index (χ0n) is 15.3. The molecular formula is C11H20N3O13P3. The first-order valence-corrected chi connectivity index (χ1v) is 12.8. The van der Waals surface area contributed by atoms with Crippen LogP contribution in [0.4, 0.5) is 0 Å². The Bertz CT molecular complexity index is 1030. The average molecular weight is 495 g/mol. The molecule has 172 valence electrons. The van der Waals surface area contributed by atoms with Crippen LogP contribution in [0.25, 0.3) is 0 Å². The highest BCUT2D eigenvalue weighted by Gasteiger charge is 2.40. The van der Waals surface area contributed by atoms with Crippen LogP contribution in [0.5, 0.6) is 0 Å². The summed E-state index contributed by atoms with van der Waals surface area (Å²) >= 11 is 0. The van der Waals surface area contributed by atoms with Crippen molar-refractivity contribution in [2.24, 2.45) is 5.73 Å². The van der Waals surface area contributed by atoms with E-state index in [0.717, 1.165) is 4.57 Å². The monoisotopic (exact) mass is 495 g/mol. The SMILES string of the molecule is Cc1cn([C@H]2C[C@H](N)[C@@H](COCP(=O)(O)OP(=O)(O)OP(=O)(O)O)O2)c(=O)[nH]c1=O. The fourth-order valence-electron chi connectivity index (χ4n) is 2.50. The first kappa shape index (κ1) is 25.3. The minimum atomic E-state index is -5.56. The average Bonchev–Trinajstić information content (AvgIpc) is 2.88. The predicted molar refractivity (Wildman–Crippen MR) is 97.2 cm³/mol. The summed E-state index contributed by atoms with van der Waals surface area (Å²) in [5.41, 5.74) is 4.88. The summed E-state index contributed by atoms with van der Waals surface area (Å²) in [4.78, 5) is 61.0. The maximum absolute atomic E-state index is 11.9. The lowest BCUT2D eigenvalue weighted by molar-refractivity contribution is -0.0403. The third-order valence-electron chi connectivity index (χ3n) is 3.72. The van der Waals surface area contributed by atoms with Gasteiger partial charge in [-0.3, -0.25) is 18.9 Å². The number of nitrogens with two attached hydrogens (primary N) is 1. The number of hydrogen-bond acceptors (Lipinski definition) is 10. The lowest BCUT2D eigenvalue weighted by Crippen LogP contribution is -2.34. The third kappa shape index (κ3) is 7.31. The summed E-state index contributed by atoms with van der Waals surface area (Å²) in [6.45, 7) is 1.09. The Labute approximate surface area is 167 Å². The number of aromatic amines is 1. The molecule has 0 amide bonds. The van der Waals surface area contributed by atoms with Gasteiger partial charge < -0.3 is 34.8 Å². The van der Waals surface area contributed by atoms with Crippen LogP contribution in [0.1, 0.15) is 18.2 Å². The van der Waals surface area contributed by atoms with Gasteiger partial charge in [0.25, 0.3) is 5.56 Å². The Kier molecular flexibility index (Phi) is 7.79. The molecule has 2 rings (SSSR count). The van der Waals surface area contributed by atoms with E-state index < -0.39 is 65.8 Å². The molecule has 1 fully saturated rings. The molecule has 0 spiro atoms. The molecule has 1 aliphatic rings. The van der Waals surface area contributed by atoms with E-state index in [1.807, 2.05) is 0 Å². The number of rotatable bonds is 9. The van der Waals surface area contributed by atoms with Gasteiger partial charge in [-0.15, -0.1) is 0 Å². The fraction of sp³-hybridized carbons (Fsp3) is 0.636. The second kappa shape index (κ2) is 9.25. The van der Waals surface area contributed by atoms with Crippen LogP contribution in [0.2, 0.25) is 0 Å². The van der Waals surface area contributed by atoms with Crippen LogP contribution in [-0.2, 0) is 31.8 Å². The minimum Gasteiger partial charge on any atom is -0.366 e. The Morgan fingerprint density at radius 3 is 2.47 bits per heavy atom. The molecule has 1 aromatic rings. The van der Waals surface area contributed by atoms with E-state index >= 15 is 0 Å². The number of aromatic nitrogens is 2. The minimum absolute atomic E-state index is 0.147. The van der Waals surface area contributed by atoms with Gasteiger partial charge in [0, 0.05) is 24.2 Å². The number of phosphoric acid groups is 2. The van der Waals surface area contributed by atoms with Gasteiger partial charge in [0.2, 0.25) is 0 Å². The first-order valence-electron chi connectivity index (χ1n) is 8.02. The summed E-state index contributed by atoms with van der Waals surface area (Å²) in [5.74, 6) is 0. The molecular weight excluding hydrogens is 475 g/mol. The zero-order valence-corrected chi connectivity index (χ0v) is 17.9. The molecule has 2 heterocycles. The van der Waals surface area contributed by atoms with Crippen LogP contribution in [-0.4, -0.2) is 54.2 Å². The van der Waals surface area contributed by atoms with E-state index in [0.29, 0.717) is 0 Å². The molecule has 16 nitrogen and oxygen atoms in total. The van der Waals surface area contributed by atoms with E-state index in [9.17, 15) is 28.2 Å². The fourth-order valence-corrected chi connectivity index (χ4v) is 5.78. The van der Waals surface area contributed by atoms with Crippen molar-refractivity contribution in [3.8, 4) is 0 Å². The molecule has 0 radical (unpaired) electrons. The third-order valence-corrected chi connectivity index (χ3v) is 7.75. The smallest absolute Gasteiger partial charge is 0.366 e. The predicted octanol–water partition coefficient (Wildman–Crippen LogP) is -1.15. The van der Waals surface area contributed by atoms with Crippen LogP contribution in [0.3, 0.4) is 0 Å². The van der Waals surface area contributed by atoms with Crippen molar-refractivity contribution in [3.05, 3.63) is 32.6 Å². The Hall–Kier alpha value is -0.990. The second-order valence-corrected chi connectivity index (χ2v) is 11.0. The maximum Gasteiger partial charge on any atom is 0.488 e. The molecule has 5 atom stereocenters. The first-order chi connectivity index (χ1) is 13.6. The van der Waals surface area contributed by atoms with Crippen molar-refractivity contribution in [2.45, 2.75) is 31.7 Å². The molecule has 1 saturated heterocycles. The summed E-state index contributed by atoms with van der Waals surface area (Å²) in [5, 5.41) is 0. The highest BCUT2D eigenvalue weighted by atomic mass is 31.3. The van der Waals surface area contributed by atoms with Gasteiger partial charge in [-0.25, -0.2) is 18.2 Å². The second-order valence-electron chi connectivity index (χ2n) is 6.27. The summed E-state index contributed by atoms with van der Waals surface area (Å²) in [6.07, 6.45) is -1.42. The molecule has 1 aromatic heterocycles. The number of H-pyrrole nitrogens is 1. The van der Waals surface area contributed by atoms with E-state index in [2.05, 4.69) is 13.6 Å². The van der Waals surface area contributed by atoms with E-state index in [4.69, 9.17) is 29.9 Å². The van der Waals surface area contributed by atoms with Gasteiger partial charge in [-0.2, -0.15) is 4.31 Å². The molecule has 0 bridgehead atoms. The molecule has 1 aliphatic heterocycles. The van der Waals surface area contributed by atoms with Gasteiger partial charge in [-0.05, 0) is 6.92 Å². The standard InChI is InChI=1S/C11H20N3O13P3/c1-6-3-14(11(16)13-10(6)15)9-2-7(12)8(25-9)4-24-5-28(17,18)26-30(22,23)27-29(19,20)21/h3,7-9H,2,4-5,12H2,1H3,(H,17,18)(H,22,23)(H,13,15,16)(H2,19,20,21)/t7-,8+,9+/m0/s1. The Balaban J connectivity index is 1.94. The highest BCUT2D eigenvalue weighted by molar-refractivity contribution is 7.68. The van der Waals surface area contributed by atoms with E-state index in [1.54, 1.807) is 0 Å². The van der Waals surface area contributed by atoms with Gasteiger partial charge in [-0.1, -0.05) is 0 Å². The molecule has 7 N–H and O–H groups in total. The van der Waals surface area contributed by atoms with E-state index in [-0.39, 0.29) is 12.0 Å². The summed E-state index contributed by atoms with van der Waals surface area (Å²) in [7, 11) is -16.0. The number of aryl methyl sites for hydroxylation is 1. The van der Waals surface area contributed by atoms with Crippen LogP contribution in [0, 0.1) is 6.92 Å². The topological polar surface area (TPSA) is 250 Å². The maximum atomic E-state index is 11.9. The Morgan fingerprint density at radius 2 is 1.87 bits per heavy atom. The van der Waals surface area contributed by atoms with Crippen LogP contribution < -0.4 is 17.0 Å². The lowest BCUT2D eigenvalue weighted by atomic mass is 10.1. The molecule has 2 unspecified atom stereocenters. The molecule has 30 heavy (non-hydrogen) atoms. The lowest BCUT2D eigenvalue weighted by Gasteiger charge is -2.19. The Morgan fingerprint density at radius 1 is 1.23 bits per heavy atom.